The molecule has 0 spiro atoms. The topological polar surface area (TPSA) is 60.2 Å². The monoisotopic (exact) mass is 309 g/mol. The summed E-state index contributed by atoms with van der Waals surface area (Å²) in [6, 6.07) is 0. The molecule has 1 atom stereocenters. The zero-order valence-electron chi connectivity index (χ0n) is 14.4. The number of carbonyl (C=O) groups excluding carboxylic acids is 2. The first-order valence-corrected chi connectivity index (χ1v) is 9.09. The predicted octanol–water partition coefficient (Wildman–Crippen LogP) is 4.93. The Kier molecular flexibility index (Phi) is 15.4. The van der Waals surface area contributed by atoms with Crippen molar-refractivity contribution in [3.05, 3.63) is 12.2 Å². The highest BCUT2D eigenvalue weighted by Crippen LogP contribution is 2.12. The highest BCUT2D eigenvalue weighted by atomic mass is 16.1. The zero-order valence-corrected chi connectivity index (χ0v) is 14.4. The second-order valence-corrected chi connectivity index (χ2v) is 6.21. The van der Waals surface area contributed by atoms with E-state index in [0.29, 0.717) is 12.8 Å². The van der Waals surface area contributed by atoms with E-state index in [2.05, 4.69) is 19.1 Å². The molecule has 0 saturated carbocycles. The van der Waals surface area contributed by atoms with Gasteiger partial charge in [-0.15, -0.1) is 0 Å². The summed E-state index contributed by atoms with van der Waals surface area (Å²) >= 11 is 0. The first kappa shape index (κ1) is 20.9. The quantitative estimate of drug-likeness (QED) is 0.249. The van der Waals surface area contributed by atoms with E-state index in [1.165, 1.54) is 51.4 Å². The Morgan fingerprint density at radius 2 is 1.50 bits per heavy atom. The van der Waals surface area contributed by atoms with E-state index in [0.717, 1.165) is 25.5 Å². The van der Waals surface area contributed by atoms with Crippen LogP contribution in [0.2, 0.25) is 0 Å². The number of hydrogen-bond donors (Lipinski definition) is 1. The lowest BCUT2D eigenvalue weighted by atomic mass is 9.99. The average molecular weight is 309 g/mol. The molecule has 0 aliphatic rings. The summed E-state index contributed by atoms with van der Waals surface area (Å²) in [6.07, 6.45) is 19.9. The second kappa shape index (κ2) is 16.3. The summed E-state index contributed by atoms with van der Waals surface area (Å²) in [5.74, 6) is -0.350. The molecule has 0 aliphatic carbocycles. The van der Waals surface area contributed by atoms with Gasteiger partial charge in [-0.1, -0.05) is 64.0 Å². The van der Waals surface area contributed by atoms with Crippen LogP contribution in [0.15, 0.2) is 12.2 Å². The molecular formula is C19H35NO2. The third kappa shape index (κ3) is 15.3. The van der Waals surface area contributed by atoms with E-state index in [4.69, 9.17) is 5.73 Å². The van der Waals surface area contributed by atoms with Crippen molar-refractivity contribution in [2.45, 2.75) is 90.4 Å². The van der Waals surface area contributed by atoms with Crippen molar-refractivity contribution in [2.75, 3.05) is 0 Å². The van der Waals surface area contributed by atoms with E-state index < -0.39 is 0 Å². The molecule has 3 heteroatoms. The Morgan fingerprint density at radius 1 is 0.909 bits per heavy atom. The third-order valence-electron chi connectivity index (χ3n) is 4.05. The van der Waals surface area contributed by atoms with E-state index >= 15 is 0 Å². The lowest BCUT2D eigenvalue weighted by molar-refractivity contribution is -0.118. The molecule has 0 aromatic heterocycles. The van der Waals surface area contributed by atoms with Crippen LogP contribution in [0.5, 0.6) is 0 Å². The summed E-state index contributed by atoms with van der Waals surface area (Å²) in [5.41, 5.74) is 5.09. The van der Waals surface area contributed by atoms with E-state index in [9.17, 15) is 9.59 Å². The fourth-order valence-corrected chi connectivity index (χ4v) is 2.55. The molecule has 22 heavy (non-hydrogen) atoms. The normalized spacial score (nSPS) is 12.6. The van der Waals surface area contributed by atoms with Crippen molar-refractivity contribution >= 4 is 12.2 Å². The van der Waals surface area contributed by atoms with Gasteiger partial charge in [0, 0.05) is 12.3 Å². The summed E-state index contributed by atoms with van der Waals surface area (Å²) in [7, 11) is 0. The Hall–Kier alpha value is -1.12. The van der Waals surface area contributed by atoms with Gasteiger partial charge in [0.1, 0.15) is 6.29 Å². The number of unbranched alkanes of at least 4 members (excludes halogenated alkanes) is 8. The number of hydrogen-bond acceptors (Lipinski definition) is 2. The van der Waals surface area contributed by atoms with Gasteiger partial charge in [-0.25, -0.2) is 0 Å². The Morgan fingerprint density at radius 3 is 2.09 bits per heavy atom. The SMILES string of the molecule is CCCCCCCCCCC=CCCC(C=O)CCC(N)=O. The largest absolute Gasteiger partial charge is 0.370 e. The fourth-order valence-electron chi connectivity index (χ4n) is 2.55. The molecule has 0 rings (SSSR count). The maximum atomic E-state index is 10.9. The third-order valence-corrected chi connectivity index (χ3v) is 4.05. The van der Waals surface area contributed by atoms with Crippen molar-refractivity contribution < 1.29 is 9.59 Å². The first-order chi connectivity index (χ1) is 10.7. The van der Waals surface area contributed by atoms with Gasteiger partial charge in [0.25, 0.3) is 0 Å². The zero-order chi connectivity index (χ0) is 16.5. The van der Waals surface area contributed by atoms with Crippen LogP contribution >= 0.6 is 0 Å². The molecule has 0 aliphatic heterocycles. The molecule has 0 fully saturated rings. The standard InChI is InChI=1S/C19H35NO2/c1-2-3-4-5-6-7-8-9-10-11-12-13-14-18(17-21)15-16-19(20)22/h11-12,17-18H,2-10,13-16H2,1H3,(H2,20,22). The van der Waals surface area contributed by atoms with Crippen LogP contribution in [-0.2, 0) is 9.59 Å². The molecule has 0 radical (unpaired) electrons. The van der Waals surface area contributed by atoms with Crippen LogP contribution < -0.4 is 5.73 Å². The predicted molar refractivity (Wildman–Crippen MR) is 93.6 cm³/mol. The summed E-state index contributed by atoms with van der Waals surface area (Å²) in [6.45, 7) is 2.25. The number of aldehydes is 1. The smallest absolute Gasteiger partial charge is 0.217 e. The summed E-state index contributed by atoms with van der Waals surface area (Å²) in [5, 5.41) is 0. The fraction of sp³-hybridized carbons (Fsp3) is 0.789. The number of nitrogens with two attached hydrogens (primary N) is 1. The van der Waals surface area contributed by atoms with Gasteiger partial charge in [-0.2, -0.15) is 0 Å². The van der Waals surface area contributed by atoms with Gasteiger partial charge >= 0.3 is 0 Å². The molecular weight excluding hydrogens is 274 g/mol. The van der Waals surface area contributed by atoms with Crippen LogP contribution in [-0.4, -0.2) is 12.2 Å². The highest BCUT2D eigenvalue weighted by molar-refractivity contribution is 5.74. The molecule has 128 valence electrons. The highest BCUT2D eigenvalue weighted by Gasteiger charge is 2.07. The molecule has 0 bridgehead atoms. The van der Waals surface area contributed by atoms with E-state index in [-0.39, 0.29) is 11.8 Å². The molecule has 3 nitrogen and oxygen atoms in total. The molecule has 1 amide bonds. The van der Waals surface area contributed by atoms with Crippen molar-refractivity contribution in [1.29, 1.82) is 0 Å². The van der Waals surface area contributed by atoms with Gasteiger partial charge < -0.3 is 10.5 Å². The minimum absolute atomic E-state index is 0.0275. The van der Waals surface area contributed by atoms with Gasteiger partial charge in [0.2, 0.25) is 5.91 Å². The minimum Gasteiger partial charge on any atom is -0.370 e. The number of amides is 1. The maximum Gasteiger partial charge on any atom is 0.217 e. The lowest BCUT2D eigenvalue weighted by Crippen LogP contribution is -2.13. The van der Waals surface area contributed by atoms with Crippen molar-refractivity contribution in [1.82, 2.24) is 0 Å². The van der Waals surface area contributed by atoms with Gasteiger partial charge in [0.15, 0.2) is 0 Å². The summed E-state index contributed by atoms with van der Waals surface area (Å²) in [4.78, 5) is 21.6. The van der Waals surface area contributed by atoms with Gasteiger partial charge in [-0.3, -0.25) is 4.79 Å². The van der Waals surface area contributed by atoms with Crippen LogP contribution in [0, 0.1) is 5.92 Å². The Bertz CT molecular complexity index is 300. The van der Waals surface area contributed by atoms with Gasteiger partial charge in [0.05, 0.1) is 0 Å². The van der Waals surface area contributed by atoms with E-state index in [1.54, 1.807) is 0 Å². The molecule has 0 heterocycles. The van der Waals surface area contributed by atoms with Crippen molar-refractivity contribution in [3.63, 3.8) is 0 Å². The van der Waals surface area contributed by atoms with Crippen LogP contribution in [0.4, 0.5) is 0 Å². The number of allylic oxidation sites excluding steroid dienone is 2. The van der Waals surface area contributed by atoms with Crippen molar-refractivity contribution in [3.8, 4) is 0 Å². The molecule has 0 saturated heterocycles. The van der Waals surface area contributed by atoms with Crippen molar-refractivity contribution in [2.24, 2.45) is 11.7 Å². The van der Waals surface area contributed by atoms with Crippen LogP contribution in [0.1, 0.15) is 90.4 Å². The van der Waals surface area contributed by atoms with Gasteiger partial charge in [-0.05, 0) is 32.1 Å². The maximum absolute atomic E-state index is 10.9. The number of primary amides is 1. The Labute approximate surface area is 136 Å². The second-order valence-electron chi connectivity index (χ2n) is 6.21. The number of carbonyl (C=O) groups is 2. The Balaban J connectivity index is 3.39. The molecule has 2 N–H and O–H groups in total. The van der Waals surface area contributed by atoms with Crippen LogP contribution in [0.25, 0.3) is 0 Å². The van der Waals surface area contributed by atoms with Crippen LogP contribution in [0.3, 0.4) is 0 Å². The number of rotatable bonds is 16. The van der Waals surface area contributed by atoms with E-state index in [1.807, 2.05) is 0 Å². The molecule has 0 aromatic carbocycles. The minimum atomic E-state index is -0.322. The average Bonchev–Trinajstić information content (AvgIpc) is 2.51. The lowest BCUT2D eigenvalue weighted by Gasteiger charge is -2.06. The first-order valence-electron chi connectivity index (χ1n) is 9.09. The summed E-state index contributed by atoms with van der Waals surface area (Å²) < 4.78 is 0. The molecule has 1 unspecified atom stereocenters. The molecule has 0 aromatic rings.